The van der Waals surface area contributed by atoms with Gasteiger partial charge in [0.05, 0.1) is 11.6 Å². The lowest BCUT2D eigenvalue weighted by molar-refractivity contribution is -0.157. The zero-order chi connectivity index (χ0) is 31.2. The lowest BCUT2D eigenvalue weighted by Crippen LogP contribution is -2.50. The second kappa shape index (κ2) is 11.3. The van der Waals surface area contributed by atoms with E-state index in [1.165, 1.54) is 0 Å². The Hall–Kier alpha value is -4.35. The molecule has 1 saturated carbocycles. The summed E-state index contributed by atoms with van der Waals surface area (Å²) in [5, 5.41) is 5.58. The van der Waals surface area contributed by atoms with Crippen molar-refractivity contribution in [2.24, 2.45) is 5.92 Å². The number of rotatable bonds is 6. The zero-order valence-corrected chi connectivity index (χ0v) is 26.2. The van der Waals surface area contributed by atoms with Gasteiger partial charge in [-0.05, 0) is 78.5 Å². The maximum absolute atomic E-state index is 12.5. The molecule has 0 radical (unpaired) electrons. The lowest BCUT2D eigenvalue weighted by Gasteiger charge is -2.36. The molecule has 5 heterocycles. The van der Waals surface area contributed by atoms with Gasteiger partial charge in [0.25, 0.3) is 0 Å². The van der Waals surface area contributed by atoms with E-state index in [1.54, 1.807) is 21.8 Å². The first-order chi connectivity index (χ1) is 20.8. The molecule has 1 amide bonds. The molecule has 0 unspecified atom stereocenters. The Morgan fingerprint density at radius 3 is 2.39 bits per heavy atom. The number of carbonyl (C=O) groups is 2. The fraction of sp³-hybridized carbons (Fsp3) is 0.531. The Balaban J connectivity index is 1.14. The van der Waals surface area contributed by atoms with E-state index in [1.807, 2.05) is 65.8 Å². The summed E-state index contributed by atoms with van der Waals surface area (Å²) in [5.41, 5.74) is 1.05. The molecule has 0 aromatic carbocycles. The smallest absolute Gasteiger partial charge is 0.410 e. The number of pyridine rings is 1. The third-order valence-corrected chi connectivity index (χ3v) is 7.60. The Bertz CT molecular complexity index is 1670. The number of ether oxygens (including phenoxy) is 3. The van der Waals surface area contributed by atoms with Crippen molar-refractivity contribution in [3.8, 4) is 17.3 Å². The second-order valence-corrected chi connectivity index (χ2v) is 13.6. The average molecular weight is 605 g/mol. The van der Waals surface area contributed by atoms with Gasteiger partial charge in [0.1, 0.15) is 34.4 Å². The van der Waals surface area contributed by atoms with Crippen LogP contribution in [0.3, 0.4) is 0 Å². The number of esters is 1. The van der Waals surface area contributed by atoms with Crippen LogP contribution in [-0.2, 0) is 14.3 Å². The van der Waals surface area contributed by atoms with Crippen molar-refractivity contribution in [2.45, 2.75) is 78.1 Å². The van der Waals surface area contributed by atoms with Crippen molar-refractivity contribution in [1.29, 1.82) is 0 Å². The number of amides is 1. The van der Waals surface area contributed by atoms with Crippen LogP contribution in [0.2, 0.25) is 0 Å². The van der Waals surface area contributed by atoms with E-state index in [9.17, 15) is 9.59 Å². The molecule has 0 bridgehead atoms. The molecule has 0 spiro atoms. The van der Waals surface area contributed by atoms with Crippen LogP contribution in [-0.4, -0.2) is 80.0 Å². The van der Waals surface area contributed by atoms with Gasteiger partial charge >= 0.3 is 12.1 Å². The van der Waals surface area contributed by atoms with Crippen molar-refractivity contribution < 1.29 is 28.2 Å². The Morgan fingerprint density at radius 2 is 1.68 bits per heavy atom. The van der Waals surface area contributed by atoms with Crippen LogP contribution in [0, 0.1) is 5.92 Å². The molecule has 6 rings (SSSR count). The Morgan fingerprint density at radius 1 is 0.955 bits per heavy atom. The number of carbonyl (C=O) groups excluding carboxylic acids is 2. The van der Waals surface area contributed by atoms with Gasteiger partial charge in [0.2, 0.25) is 5.88 Å². The van der Waals surface area contributed by atoms with Crippen LogP contribution in [0.1, 0.15) is 60.8 Å². The SMILES string of the molecule is CC(C)(C)OC(=O)CC1CC(Oc2ccc3ncc(-c4cc5c(N6CCN(C(=O)OC(C)(C)C)CC6)nccc5o4)n3n2)C1. The molecule has 0 atom stereocenters. The van der Waals surface area contributed by atoms with Crippen molar-refractivity contribution >= 4 is 34.5 Å². The minimum atomic E-state index is -0.530. The molecule has 12 nitrogen and oxygen atoms in total. The average Bonchev–Trinajstić information content (AvgIpc) is 3.53. The number of imidazole rings is 1. The van der Waals surface area contributed by atoms with Gasteiger partial charge in [0, 0.05) is 44.9 Å². The summed E-state index contributed by atoms with van der Waals surface area (Å²) in [6.45, 7) is 13.6. The third-order valence-electron chi connectivity index (χ3n) is 7.60. The number of anilines is 1. The maximum atomic E-state index is 12.5. The first-order valence-electron chi connectivity index (χ1n) is 15.2. The van der Waals surface area contributed by atoms with Crippen molar-refractivity contribution in [2.75, 3.05) is 31.1 Å². The number of hydrogen-bond donors (Lipinski definition) is 0. The highest BCUT2D eigenvalue weighted by molar-refractivity contribution is 5.92. The summed E-state index contributed by atoms with van der Waals surface area (Å²) < 4.78 is 25.1. The molecule has 1 saturated heterocycles. The molecule has 1 aliphatic heterocycles. The first kappa shape index (κ1) is 29.7. The predicted octanol–water partition coefficient (Wildman–Crippen LogP) is 5.48. The number of furan rings is 1. The standard InChI is InChI=1S/C32H40N6O6/c1-31(2,3)43-28(39)17-20-15-21(16-20)41-27-8-7-26-34-19-23(38(26)35-27)25-18-22-24(42-25)9-10-33-29(22)36-11-13-37(14-12-36)30(40)44-32(4,5)6/h7-10,18-21H,11-17H2,1-6H3. The van der Waals surface area contributed by atoms with Gasteiger partial charge in [-0.3, -0.25) is 4.79 Å². The van der Waals surface area contributed by atoms with E-state index < -0.39 is 11.2 Å². The molecule has 44 heavy (non-hydrogen) atoms. The van der Waals surface area contributed by atoms with Crippen LogP contribution in [0.5, 0.6) is 5.88 Å². The van der Waals surface area contributed by atoms with Crippen LogP contribution in [0.4, 0.5) is 10.6 Å². The third kappa shape index (κ3) is 6.58. The topological polar surface area (TPSA) is 125 Å². The maximum Gasteiger partial charge on any atom is 0.410 e. The highest BCUT2D eigenvalue weighted by atomic mass is 16.6. The summed E-state index contributed by atoms with van der Waals surface area (Å²) in [5.74, 6) is 1.98. The van der Waals surface area contributed by atoms with E-state index in [4.69, 9.17) is 23.7 Å². The number of fused-ring (bicyclic) bond motifs is 2. The van der Waals surface area contributed by atoms with E-state index in [0.717, 1.165) is 24.0 Å². The Labute approximate surface area is 256 Å². The fourth-order valence-corrected chi connectivity index (χ4v) is 5.57. The first-order valence-corrected chi connectivity index (χ1v) is 15.2. The molecule has 12 heteroatoms. The highest BCUT2D eigenvalue weighted by Crippen LogP contribution is 2.36. The molecular weight excluding hydrogens is 564 g/mol. The number of piperazine rings is 1. The normalized spacial score (nSPS) is 19.2. The van der Waals surface area contributed by atoms with Gasteiger partial charge in [-0.25, -0.2) is 19.3 Å². The minimum absolute atomic E-state index is 0.00465. The largest absolute Gasteiger partial charge is 0.473 e. The molecule has 234 valence electrons. The summed E-state index contributed by atoms with van der Waals surface area (Å²) in [6.07, 6.45) is 5.13. The summed E-state index contributed by atoms with van der Waals surface area (Å²) >= 11 is 0. The summed E-state index contributed by atoms with van der Waals surface area (Å²) in [6, 6.07) is 7.48. The van der Waals surface area contributed by atoms with Crippen LogP contribution >= 0.6 is 0 Å². The molecule has 4 aromatic rings. The van der Waals surface area contributed by atoms with Crippen molar-refractivity contribution in [3.63, 3.8) is 0 Å². The van der Waals surface area contributed by atoms with Gasteiger partial charge in [-0.15, -0.1) is 5.10 Å². The van der Waals surface area contributed by atoms with Crippen molar-refractivity contribution in [3.05, 3.63) is 36.7 Å². The highest BCUT2D eigenvalue weighted by Gasteiger charge is 2.34. The van der Waals surface area contributed by atoms with E-state index >= 15 is 0 Å². The second-order valence-electron chi connectivity index (χ2n) is 13.6. The number of aromatic nitrogens is 4. The summed E-state index contributed by atoms with van der Waals surface area (Å²) in [4.78, 5) is 37.7. The van der Waals surface area contributed by atoms with E-state index in [0.29, 0.717) is 61.2 Å². The Kier molecular flexibility index (Phi) is 7.63. The quantitative estimate of drug-likeness (QED) is 0.261. The van der Waals surface area contributed by atoms with Crippen LogP contribution < -0.4 is 9.64 Å². The summed E-state index contributed by atoms with van der Waals surface area (Å²) in [7, 11) is 0. The van der Waals surface area contributed by atoms with Gasteiger partial charge in [0.15, 0.2) is 11.4 Å². The zero-order valence-electron chi connectivity index (χ0n) is 26.2. The molecule has 2 aliphatic rings. The van der Waals surface area contributed by atoms with E-state index in [-0.39, 0.29) is 24.1 Å². The van der Waals surface area contributed by atoms with Gasteiger partial charge in [-0.2, -0.15) is 0 Å². The molecule has 4 aromatic heterocycles. The fourth-order valence-electron chi connectivity index (χ4n) is 5.57. The van der Waals surface area contributed by atoms with E-state index in [2.05, 4.69) is 14.9 Å². The number of nitrogens with zero attached hydrogens (tertiary/aromatic N) is 6. The molecule has 2 fully saturated rings. The monoisotopic (exact) mass is 604 g/mol. The molecule has 1 aliphatic carbocycles. The number of hydrogen-bond acceptors (Lipinski definition) is 10. The van der Waals surface area contributed by atoms with Crippen LogP contribution in [0.25, 0.3) is 28.1 Å². The van der Waals surface area contributed by atoms with Gasteiger partial charge < -0.3 is 28.4 Å². The minimum Gasteiger partial charge on any atom is -0.473 e. The molecule has 0 N–H and O–H groups in total. The lowest BCUT2D eigenvalue weighted by atomic mass is 9.80. The van der Waals surface area contributed by atoms with Gasteiger partial charge in [-0.1, -0.05) is 0 Å². The predicted molar refractivity (Wildman–Crippen MR) is 164 cm³/mol. The van der Waals surface area contributed by atoms with Crippen LogP contribution in [0.15, 0.2) is 41.1 Å². The molecular formula is C32H40N6O6. The van der Waals surface area contributed by atoms with Crippen molar-refractivity contribution in [1.82, 2.24) is 24.5 Å².